The molecule has 0 aromatic heterocycles. The summed E-state index contributed by atoms with van der Waals surface area (Å²) in [4.78, 5) is 17.2. The Morgan fingerprint density at radius 1 is 0.889 bits per heavy atom. The second kappa shape index (κ2) is 8.68. The molecule has 0 unspecified atom stereocenters. The van der Waals surface area contributed by atoms with Gasteiger partial charge in [-0.1, -0.05) is 42.5 Å². The third-order valence-electron chi connectivity index (χ3n) is 4.93. The maximum absolute atomic E-state index is 12.8. The van der Waals surface area contributed by atoms with Crippen LogP contribution in [0.3, 0.4) is 0 Å². The molecule has 1 saturated heterocycles. The van der Waals surface area contributed by atoms with E-state index in [1.54, 1.807) is 0 Å². The van der Waals surface area contributed by atoms with Crippen LogP contribution >= 0.6 is 0 Å². The highest BCUT2D eigenvalue weighted by Crippen LogP contribution is 2.13. The van der Waals surface area contributed by atoms with Gasteiger partial charge in [-0.15, -0.1) is 0 Å². The number of rotatable bonds is 5. The van der Waals surface area contributed by atoms with Gasteiger partial charge < -0.3 is 10.2 Å². The Morgan fingerprint density at radius 2 is 1.52 bits per heavy atom. The topological polar surface area (TPSA) is 35.6 Å². The molecule has 1 aliphatic rings. The number of hydrogen-bond acceptors (Lipinski definition) is 3. The average molecular weight is 366 g/mol. The van der Waals surface area contributed by atoms with E-state index in [0.717, 1.165) is 44.8 Å². The zero-order chi connectivity index (χ0) is 19.3. The number of carbonyl (C=O) groups excluding carboxylic acids is 1. The number of piperazine rings is 1. The van der Waals surface area contributed by atoms with Crippen LogP contribution in [0.25, 0.3) is 0 Å². The van der Waals surface area contributed by atoms with Crippen molar-refractivity contribution in [3.05, 3.63) is 71.3 Å². The predicted molar refractivity (Wildman–Crippen MR) is 111 cm³/mol. The summed E-state index contributed by atoms with van der Waals surface area (Å²) in [5.41, 5.74) is 3.41. The zero-order valence-corrected chi connectivity index (χ0v) is 16.7. The van der Waals surface area contributed by atoms with Gasteiger partial charge in [-0.2, -0.15) is 0 Å². The molecule has 0 aliphatic carbocycles. The van der Waals surface area contributed by atoms with Crippen molar-refractivity contribution in [2.75, 3.05) is 26.2 Å². The first-order chi connectivity index (χ1) is 12.9. The van der Waals surface area contributed by atoms with Crippen molar-refractivity contribution in [1.82, 2.24) is 15.1 Å². The summed E-state index contributed by atoms with van der Waals surface area (Å²) in [6.45, 7) is 11.7. The van der Waals surface area contributed by atoms with Crippen molar-refractivity contribution in [2.45, 2.75) is 39.4 Å². The van der Waals surface area contributed by atoms with Crippen LogP contribution in [0.5, 0.6) is 0 Å². The fourth-order valence-electron chi connectivity index (χ4n) is 3.27. The molecule has 27 heavy (non-hydrogen) atoms. The fourth-order valence-corrected chi connectivity index (χ4v) is 3.27. The molecule has 144 valence electrons. The summed E-state index contributed by atoms with van der Waals surface area (Å²) in [5, 5.41) is 3.47. The Bertz CT molecular complexity index is 726. The highest BCUT2D eigenvalue weighted by molar-refractivity contribution is 5.94. The van der Waals surface area contributed by atoms with Crippen molar-refractivity contribution < 1.29 is 4.79 Å². The van der Waals surface area contributed by atoms with Crippen LogP contribution in [-0.2, 0) is 13.1 Å². The lowest BCUT2D eigenvalue weighted by molar-refractivity contribution is 0.0628. The van der Waals surface area contributed by atoms with E-state index in [4.69, 9.17) is 0 Å². The molecule has 1 N–H and O–H groups in total. The SMILES string of the molecule is CC(C)(C)NCc1ccc(C(=O)N2CCN(Cc3ccccc3)CC2)cc1. The number of benzene rings is 2. The first kappa shape index (κ1) is 19.6. The first-order valence-electron chi connectivity index (χ1n) is 9.80. The third kappa shape index (κ3) is 5.91. The van der Waals surface area contributed by atoms with Crippen LogP contribution in [0, 0.1) is 0 Å². The molecule has 0 bridgehead atoms. The number of nitrogens with zero attached hydrogens (tertiary/aromatic N) is 2. The molecular weight excluding hydrogens is 334 g/mol. The van der Waals surface area contributed by atoms with Gasteiger partial charge in [0, 0.05) is 50.4 Å². The van der Waals surface area contributed by atoms with Gasteiger partial charge in [0.2, 0.25) is 0 Å². The van der Waals surface area contributed by atoms with E-state index in [1.165, 1.54) is 11.1 Å². The van der Waals surface area contributed by atoms with Crippen molar-refractivity contribution in [1.29, 1.82) is 0 Å². The summed E-state index contributed by atoms with van der Waals surface area (Å²) in [6, 6.07) is 18.5. The van der Waals surface area contributed by atoms with Gasteiger partial charge in [0.05, 0.1) is 0 Å². The Morgan fingerprint density at radius 3 is 2.11 bits per heavy atom. The van der Waals surface area contributed by atoms with E-state index < -0.39 is 0 Å². The lowest BCUT2D eigenvalue weighted by Gasteiger charge is -2.34. The minimum atomic E-state index is 0.0912. The molecule has 0 atom stereocenters. The molecule has 2 aromatic rings. The van der Waals surface area contributed by atoms with Crippen LogP contribution in [-0.4, -0.2) is 47.4 Å². The van der Waals surface area contributed by atoms with Gasteiger partial charge in [-0.3, -0.25) is 9.69 Å². The van der Waals surface area contributed by atoms with E-state index in [9.17, 15) is 4.79 Å². The normalized spacial score (nSPS) is 15.7. The second-order valence-corrected chi connectivity index (χ2v) is 8.35. The zero-order valence-electron chi connectivity index (χ0n) is 16.7. The Kier molecular flexibility index (Phi) is 6.30. The molecule has 1 aliphatic heterocycles. The lowest BCUT2D eigenvalue weighted by Crippen LogP contribution is -2.48. The van der Waals surface area contributed by atoms with E-state index in [1.807, 2.05) is 23.1 Å². The first-order valence-corrected chi connectivity index (χ1v) is 9.80. The van der Waals surface area contributed by atoms with Crippen molar-refractivity contribution in [3.63, 3.8) is 0 Å². The summed E-state index contributed by atoms with van der Waals surface area (Å²) in [5.74, 6) is 0.143. The number of hydrogen-bond donors (Lipinski definition) is 1. The van der Waals surface area contributed by atoms with Gasteiger partial charge in [0.15, 0.2) is 0 Å². The van der Waals surface area contributed by atoms with Crippen LogP contribution < -0.4 is 5.32 Å². The van der Waals surface area contributed by atoms with E-state index in [0.29, 0.717) is 0 Å². The van der Waals surface area contributed by atoms with Gasteiger partial charge >= 0.3 is 0 Å². The van der Waals surface area contributed by atoms with Gasteiger partial charge in [-0.25, -0.2) is 0 Å². The second-order valence-electron chi connectivity index (χ2n) is 8.35. The molecule has 1 amide bonds. The minimum Gasteiger partial charge on any atom is -0.336 e. The summed E-state index contributed by atoms with van der Waals surface area (Å²) < 4.78 is 0. The lowest BCUT2D eigenvalue weighted by atomic mass is 10.1. The summed E-state index contributed by atoms with van der Waals surface area (Å²) in [6.07, 6.45) is 0. The molecular formula is C23H31N3O. The maximum atomic E-state index is 12.8. The Labute approximate surface area is 163 Å². The van der Waals surface area contributed by atoms with E-state index >= 15 is 0 Å². The molecule has 4 heteroatoms. The highest BCUT2D eigenvalue weighted by atomic mass is 16.2. The average Bonchev–Trinajstić information content (AvgIpc) is 2.67. The van der Waals surface area contributed by atoms with Crippen LogP contribution in [0.15, 0.2) is 54.6 Å². The van der Waals surface area contributed by atoms with Crippen molar-refractivity contribution in [3.8, 4) is 0 Å². The molecule has 4 nitrogen and oxygen atoms in total. The highest BCUT2D eigenvalue weighted by Gasteiger charge is 2.22. The molecule has 3 rings (SSSR count). The van der Waals surface area contributed by atoms with Gasteiger partial charge in [-0.05, 0) is 44.0 Å². The predicted octanol–water partition coefficient (Wildman–Crippen LogP) is 3.53. The molecule has 0 spiro atoms. The van der Waals surface area contributed by atoms with Gasteiger partial charge in [0.25, 0.3) is 5.91 Å². The summed E-state index contributed by atoms with van der Waals surface area (Å²) in [7, 11) is 0. The van der Waals surface area contributed by atoms with Crippen LogP contribution in [0.4, 0.5) is 0 Å². The van der Waals surface area contributed by atoms with Crippen molar-refractivity contribution in [2.24, 2.45) is 0 Å². The molecule has 1 heterocycles. The largest absolute Gasteiger partial charge is 0.336 e. The van der Waals surface area contributed by atoms with Crippen molar-refractivity contribution >= 4 is 5.91 Å². The summed E-state index contributed by atoms with van der Waals surface area (Å²) >= 11 is 0. The Balaban J connectivity index is 1.50. The molecule has 0 saturated carbocycles. The van der Waals surface area contributed by atoms with Gasteiger partial charge in [0.1, 0.15) is 0 Å². The standard InChI is InChI=1S/C23H31N3O/c1-23(2,3)24-17-19-9-11-21(12-10-19)22(27)26-15-13-25(14-16-26)18-20-7-5-4-6-8-20/h4-12,24H,13-18H2,1-3H3. The minimum absolute atomic E-state index is 0.0912. The Hall–Kier alpha value is -2.17. The number of nitrogens with one attached hydrogen (secondary N) is 1. The van der Waals surface area contributed by atoms with Crippen LogP contribution in [0.2, 0.25) is 0 Å². The third-order valence-corrected chi connectivity index (χ3v) is 4.93. The molecule has 1 fully saturated rings. The molecule has 0 radical (unpaired) electrons. The quantitative estimate of drug-likeness (QED) is 0.880. The van der Waals surface area contributed by atoms with E-state index in [2.05, 4.69) is 67.4 Å². The van der Waals surface area contributed by atoms with E-state index in [-0.39, 0.29) is 11.4 Å². The number of carbonyl (C=O) groups is 1. The fraction of sp³-hybridized carbons (Fsp3) is 0.435. The molecule has 2 aromatic carbocycles. The maximum Gasteiger partial charge on any atom is 0.253 e. The monoisotopic (exact) mass is 365 g/mol. The number of amides is 1. The smallest absolute Gasteiger partial charge is 0.253 e. The van der Waals surface area contributed by atoms with Crippen LogP contribution in [0.1, 0.15) is 42.3 Å².